The lowest BCUT2D eigenvalue weighted by Gasteiger charge is -2.28. The van der Waals surface area contributed by atoms with E-state index in [1.165, 1.54) is 5.56 Å². The molecule has 0 aliphatic carbocycles. The standard InChI is InChI=1S/C21H31N3O3/c1-21(2,3)27-19(25)16-9-11-24(14-16)20(22-4)23-13-15-10-12-26-18-8-6-5-7-17(15)18/h5-8,15-16H,9-14H2,1-4H3,(H,22,23). The van der Waals surface area contributed by atoms with E-state index in [-0.39, 0.29) is 11.9 Å². The molecule has 2 aliphatic rings. The van der Waals surface area contributed by atoms with Crippen LogP contribution in [0.4, 0.5) is 0 Å². The second-order valence-corrected chi connectivity index (χ2v) is 8.27. The van der Waals surface area contributed by atoms with Gasteiger partial charge in [-0.25, -0.2) is 0 Å². The lowest BCUT2D eigenvalue weighted by molar-refractivity contribution is -0.159. The largest absolute Gasteiger partial charge is 0.493 e. The molecule has 1 aromatic rings. The Morgan fingerprint density at radius 1 is 1.33 bits per heavy atom. The smallest absolute Gasteiger partial charge is 0.311 e. The predicted octanol–water partition coefficient (Wildman–Crippen LogP) is 2.79. The topological polar surface area (TPSA) is 63.2 Å². The highest BCUT2D eigenvalue weighted by molar-refractivity contribution is 5.82. The van der Waals surface area contributed by atoms with Gasteiger partial charge in [-0.3, -0.25) is 9.79 Å². The van der Waals surface area contributed by atoms with Crippen molar-refractivity contribution in [3.63, 3.8) is 0 Å². The molecule has 2 heterocycles. The third kappa shape index (κ3) is 4.93. The Labute approximate surface area is 161 Å². The van der Waals surface area contributed by atoms with Crippen LogP contribution >= 0.6 is 0 Å². The van der Waals surface area contributed by atoms with Crippen LogP contribution in [-0.2, 0) is 9.53 Å². The highest BCUT2D eigenvalue weighted by Crippen LogP contribution is 2.32. The van der Waals surface area contributed by atoms with Crippen LogP contribution in [0.15, 0.2) is 29.3 Å². The monoisotopic (exact) mass is 373 g/mol. The van der Waals surface area contributed by atoms with E-state index in [4.69, 9.17) is 9.47 Å². The first-order valence-electron chi connectivity index (χ1n) is 9.77. The molecule has 2 atom stereocenters. The molecule has 1 saturated heterocycles. The average molecular weight is 373 g/mol. The first-order valence-corrected chi connectivity index (χ1v) is 9.77. The van der Waals surface area contributed by atoms with Crippen molar-refractivity contribution in [2.45, 2.75) is 45.1 Å². The van der Waals surface area contributed by atoms with Gasteiger partial charge < -0.3 is 19.7 Å². The number of benzene rings is 1. The van der Waals surface area contributed by atoms with Crippen LogP contribution in [0.1, 0.15) is 45.1 Å². The summed E-state index contributed by atoms with van der Waals surface area (Å²) >= 11 is 0. The highest BCUT2D eigenvalue weighted by atomic mass is 16.6. The molecule has 1 aromatic carbocycles. The third-order valence-corrected chi connectivity index (χ3v) is 5.03. The van der Waals surface area contributed by atoms with E-state index < -0.39 is 5.60 Å². The fraction of sp³-hybridized carbons (Fsp3) is 0.619. The summed E-state index contributed by atoms with van der Waals surface area (Å²) in [5, 5.41) is 3.50. The number of hydrogen-bond donors (Lipinski definition) is 1. The zero-order chi connectivity index (χ0) is 19.4. The van der Waals surface area contributed by atoms with E-state index in [0.717, 1.165) is 44.2 Å². The molecule has 2 aliphatic heterocycles. The Kier molecular flexibility index (Phi) is 5.92. The van der Waals surface area contributed by atoms with Crippen molar-refractivity contribution < 1.29 is 14.3 Å². The molecule has 6 heteroatoms. The average Bonchev–Trinajstić information content (AvgIpc) is 3.11. The Hall–Kier alpha value is -2.24. The summed E-state index contributed by atoms with van der Waals surface area (Å²) in [5.74, 6) is 2.03. The van der Waals surface area contributed by atoms with Crippen LogP contribution in [0.25, 0.3) is 0 Å². The molecule has 0 amide bonds. The van der Waals surface area contributed by atoms with Crippen molar-refractivity contribution in [2.24, 2.45) is 10.9 Å². The summed E-state index contributed by atoms with van der Waals surface area (Å²) in [7, 11) is 1.79. The number of nitrogens with zero attached hydrogens (tertiary/aromatic N) is 2. The van der Waals surface area contributed by atoms with Crippen molar-refractivity contribution in [3.05, 3.63) is 29.8 Å². The number of nitrogens with one attached hydrogen (secondary N) is 1. The summed E-state index contributed by atoms with van der Waals surface area (Å²) in [4.78, 5) is 18.9. The summed E-state index contributed by atoms with van der Waals surface area (Å²) in [5.41, 5.74) is 0.806. The SMILES string of the molecule is CN=C(NCC1CCOc2ccccc21)N1CCC(C(=O)OC(C)(C)C)C1. The van der Waals surface area contributed by atoms with Crippen LogP contribution in [0.2, 0.25) is 0 Å². The van der Waals surface area contributed by atoms with Crippen LogP contribution in [0.3, 0.4) is 0 Å². The molecule has 0 bridgehead atoms. The zero-order valence-electron chi connectivity index (χ0n) is 16.8. The molecule has 148 valence electrons. The number of carbonyl (C=O) groups is 1. The summed E-state index contributed by atoms with van der Waals surface area (Å²) in [6.07, 6.45) is 1.79. The van der Waals surface area contributed by atoms with Gasteiger partial charge in [0.1, 0.15) is 11.4 Å². The maximum atomic E-state index is 12.3. The third-order valence-electron chi connectivity index (χ3n) is 5.03. The van der Waals surface area contributed by atoms with Crippen molar-refractivity contribution in [1.82, 2.24) is 10.2 Å². The molecule has 0 aromatic heterocycles. The molecular weight excluding hydrogens is 342 g/mol. The number of rotatable bonds is 3. The van der Waals surface area contributed by atoms with E-state index in [1.54, 1.807) is 7.05 Å². The summed E-state index contributed by atoms with van der Waals surface area (Å²) in [6, 6.07) is 8.23. The van der Waals surface area contributed by atoms with E-state index in [9.17, 15) is 4.79 Å². The van der Waals surface area contributed by atoms with Crippen molar-refractivity contribution >= 4 is 11.9 Å². The second-order valence-electron chi connectivity index (χ2n) is 8.27. The molecule has 2 unspecified atom stereocenters. The number of aliphatic imine (C=N–C) groups is 1. The zero-order valence-corrected chi connectivity index (χ0v) is 16.8. The summed E-state index contributed by atoms with van der Waals surface area (Å²) in [6.45, 7) is 8.73. The van der Waals surface area contributed by atoms with Crippen LogP contribution in [-0.4, -0.2) is 55.7 Å². The van der Waals surface area contributed by atoms with Crippen molar-refractivity contribution in [3.8, 4) is 5.75 Å². The number of para-hydroxylation sites is 1. The highest BCUT2D eigenvalue weighted by Gasteiger charge is 2.33. The predicted molar refractivity (Wildman–Crippen MR) is 106 cm³/mol. The Morgan fingerprint density at radius 2 is 2.11 bits per heavy atom. The van der Waals surface area contributed by atoms with Gasteiger partial charge in [0, 0.05) is 32.6 Å². The van der Waals surface area contributed by atoms with Crippen LogP contribution in [0, 0.1) is 5.92 Å². The molecular formula is C21H31N3O3. The van der Waals surface area contributed by atoms with Gasteiger partial charge in [-0.05, 0) is 45.2 Å². The number of guanidine groups is 1. The molecule has 0 spiro atoms. The molecule has 3 rings (SSSR count). The van der Waals surface area contributed by atoms with E-state index in [2.05, 4.69) is 27.3 Å². The Balaban J connectivity index is 1.56. The molecule has 0 radical (unpaired) electrons. The molecule has 1 fully saturated rings. The van der Waals surface area contributed by atoms with E-state index >= 15 is 0 Å². The van der Waals surface area contributed by atoms with Crippen molar-refractivity contribution in [2.75, 3.05) is 33.3 Å². The number of likely N-dealkylation sites (tertiary alicyclic amines) is 1. The Morgan fingerprint density at radius 3 is 2.85 bits per heavy atom. The van der Waals surface area contributed by atoms with Gasteiger partial charge in [-0.2, -0.15) is 0 Å². The normalized spacial score (nSPS) is 22.8. The quantitative estimate of drug-likeness (QED) is 0.501. The van der Waals surface area contributed by atoms with Gasteiger partial charge in [-0.15, -0.1) is 0 Å². The van der Waals surface area contributed by atoms with E-state index in [0.29, 0.717) is 12.5 Å². The molecule has 27 heavy (non-hydrogen) atoms. The van der Waals surface area contributed by atoms with Crippen LogP contribution < -0.4 is 10.1 Å². The fourth-order valence-corrected chi connectivity index (χ4v) is 3.70. The number of ether oxygens (including phenoxy) is 2. The van der Waals surface area contributed by atoms with Crippen LogP contribution in [0.5, 0.6) is 5.75 Å². The lowest BCUT2D eigenvalue weighted by atomic mass is 9.93. The minimum absolute atomic E-state index is 0.0911. The molecule has 0 saturated carbocycles. The van der Waals surface area contributed by atoms with Crippen molar-refractivity contribution in [1.29, 1.82) is 0 Å². The number of esters is 1. The number of carbonyl (C=O) groups excluding carboxylic acids is 1. The minimum atomic E-state index is -0.444. The maximum absolute atomic E-state index is 12.3. The first-order chi connectivity index (χ1) is 12.9. The van der Waals surface area contributed by atoms with Gasteiger partial charge in [0.05, 0.1) is 12.5 Å². The van der Waals surface area contributed by atoms with Gasteiger partial charge in [-0.1, -0.05) is 18.2 Å². The molecule has 1 N–H and O–H groups in total. The van der Waals surface area contributed by atoms with Gasteiger partial charge >= 0.3 is 5.97 Å². The van der Waals surface area contributed by atoms with Gasteiger partial charge in [0.2, 0.25) is 0 Å². The Bertz CT molecular complexity index is 696. The van der Waals surface area contributed by atoms with Gasteiger partial charge in [0.25, 0.3) is 0 Å². The van der Waals surface area contributed by atoms with E-state index in [1.807, 2.05) is 32.9 Å². The second kappa shape index (κ2) is 8.19. The maximum Gasteiger partial charge on any atom is 0.311 e. The first kappa shape index (κ1) is 19.5. The fourth-order valence-electron chi connectivity index (χ4n) is 3.70. The molecule has 6 nitrogen and oxygen atoms in total. The number of hydrogen-bond acceptors (Lipinski definition) is 4. The summed E-state index contributed by atoms with van der Waals surface area (Å²) < 4.78 is 11.3. The van der Waals surface area contributed by atoms with Gasteiger partial charge in [0.15, 0.2) is 5.96 Å². The lowest BCUT2D eigenvalue weighted by Crippen LogP contribution is -2.42. The number of fused-ring (bicyclic) bond motifs is 1. The minimum Gasteiger partial charge on any atom is -0.493 e.